The van der Waals surface area contributed by atoms with Crippen molar-refractivity contribution < 1.29 is 24.2 Å². The van der Waals surface area contributed by atoms with Gasteiger partial charge in [-0.3, -0.25) is 9.59 Å². The summed E-state index contributed by atoms with van der Waals surface area (Å²) in [5.41, 5.74) is 2.17. The van der Waals surface area contributed by atoms with Crippen LogP contribution in [0.4, 0.5) is 0 Å². The molecule has 1 atom stereocenters. The molecule has 1 amide bonds. The van der Waals surface area contributed by atoms with Crippen molar-refractivity contribution in [1.29, 1.82) is 0 Å². The Bertz CT molecular complexity index is 1050. The number of nitrogens with zero attached hydrogens (tertiary/aromatic N) is 1. The van der Waals surface area contributed by atoms with Gasteiger partial charge in [0.05, 0.1) is 18.2 Å². The smallest absolute Gasteiger partial charge is 0.295 e. The first-order valence-corrected chi connectivity index (χ1v) is 11.9. The Morgan fingerprint density at radius 3 is 2.58 bits per heavy atom. The van der Waals surface area contributed by atoms with Gasteiger partial charge in [-0.05, 0) is 61.2 Å². The molecule has 0 aliphatic carbocycles. The zero-order valence-electron chi connectivity index (χ0n) is 19.3. The fourth-order valence-corrected chi connectivity index (χ4v) is 4.37. The number of rotatable bonds is 10. The molecule has 0 saturated carbocycles. The van der Waals surface area contributed by atoms with Crippen LogP contribution in [-0.2, 0) is 14.3 Å². The number of ether oxygens (including phenoxy) is 2. The number of benzene rings is 2. The second kappa shape index (κ2) is 11.5. The lowest BCUT2D eigenvalue weighted by Crippen LogP contribution is -2.31. The lowest BCUT2D eigenvalue weighted by molar-refractivity contribution is -0.140. The minimum absolute atomic E-state index is 0.0922. The molecule has 7 heteroatoms. The molecule has 0 radical (unpaired) electrons. The summed E-state index contributed by atoms with van der Waals surface area (Å²) in [6, 6.07) is 12.1. The van der Waals surface area contributed by atoms with E-state index < -0.39 is 17.7 Å². The topological polar surface area (TPSA) is 76.1 Å². The van der Waals surface area contributed by atoms with E-state index in [1.165, 1.54) is 4.90 Å². The van der Waals surface area contributed by atoms with Crippen molar-refractivity contribution >= 4 is 33.4 Å². The highest BCUT2D eigenvalue weighted by Gasteiger charge is 2.45. The fraction of sp³-hybridized carbons (Fsp3) is 0.385. The molecule has 2 aromatic rings. The standard InChI is InChI=1S/C26H30BrNO5/c1-4-5-14-33-21-11-10-19(15-17(21)2)24(29)22-23(18-8-6-9-20(27)16-18)28(12-7-13-32-3)26(31)25(22)30/h6,8-11,15-16,23,29H,4-5,7,12-14H2,1-3H3/b24-22+/t23-/m1/s1. The molecule has 6 nitrogen and oxygen atoms in total. The molecule has 0 bridgehead atoms. The van der Waals surface area contributed by atoms with E-state index in [4.69, 9.17) is 9.47 Å². The van der Waals surface area contributed by atoms with Crippen molar-refractivity contribution in [2.75, 3.05) is 26.9 Å². The Morgan fingerprint density at radius 2 is 1.91 bits per heavy atom. The summed E-state index contributed by atoms with van der Waals surface area (Å²) in [5.74, 6) is -0.746. The first-order chi connectivity index (χ1) is 15.9. The predicted octanol–water partition coefficient (Wildman–Crippen LogP) is 5.39. The van der Waals surface area contributed by atoms with Crippen LogP contribution in [0.3, 0.4) is 0 Å². The van der Waals surface area contributed by atoms with Crippen LogP contribution < -0.4 is 4.74 Å². The molecule has 1 aliphatic rings. The Labute approximate surface area is 203 Å². The number of aryl methyl sites for hydroxylation is 1. The van der Waals surface area contributed by atoms with E-state index in [0.29, 0.717) is 31.7 Å². The first kappa shape index (κ1) is 25.0. The summed E-state index contributed by atoms with van der Waals surface area (Å²) < 4.78 is 11.8. The highest BCUT2D eigenvalue weighted by atomic mass is 79.9. The molecular formula is C26H30BrNO5. The summed E-state index contributed by atoms with van der Waals surface area (Å²) in [5, 5.41) is 11.2. The Morgan fingerprint density at radius 1 is 1.12 bits per heavy atom. The first-order valence-electron chi connectivity index (χ1n) is 11.2. The van der Waals surface area contributed by atoms with E-state index >= 15 is 0 Å². The van der Waals surface area contributed by atoms with Gasteiger partial charge in [-0.25, -0.2) is 0 Å². The number of Topliss-reactive ketones (excluding diaryl/α,β-unsaturated/α-hetero) is 1. The number of unbranched alkanes of at least 4 members (excludes halogenated alkanes) is 1. The zero-order chi connectivity index (χ0) is 24.0. The van der Waals surface area contributed by atoms with Gasteiger partial charge in [0.2, 0.25) is 0 Å². The summed E-state index contributed by atoms with van der Waals surface area (Å²) in [6.07, 6.45) is 2.58. The van der Waals surface area contributed by atoms with Crippen LogP contribution in [0.25, 0.3) is 5.76 Å². The highest BCUT2D eigenvalue weighted by molar-refractivity contribution is 9.10. The lowest BCUT2D eigenvalue weighted by atomic mass is 9.95. The van der Waals surface area contributed by atoms with Crippen LogP contribution in [0.5, 0.6) is 5.75 Å². The third kappa shape index (κ3) is 5.65. The van der Waals surface area contributed by atoms with Gasteiger partial charge in [-0.2, -0.15) is 0 Å². The maximum Gasteiger partial charge on any atom is 0.295 e. The monoisotopic (exact) mass is 515 g/mol. The molecule has 176 valence electrons. The number of aliphatic hydroxyl groups excluding tert-OH is 1. The fourth-order valence-electron chi connectivity index (χ4n) is 3.95. The number of halogens is 1. The van der Waals surface area contributed by atoms with Crippen molar-refractivity contribution in [3.63, 3.8) is 0 Å². The Hall–Kier alpha value is -2.64. The summed E-state index contributed by atoms with van der Waals surface area (Å²) >= 11 is 3.47. The highest BCUT2D eigenvalue weighted by Crippen LogP contribution is 2.40. The van der Waals surface area contributed by atoms with E-state index in [-0.39, 0.29) is 11.3 Å². The lowest BCUT2D eigenvalue weighted by Gasteiger charge is -2.25. The number of hydrogen-bond acceptors (Lipinski definition) is 5. The molecule has 1 heterocycles. The van der Waals surface area contributed by atoms with Crippen LogP contribution in [0, 0.1) is 6.92 Å². The third-order valence-corrected chi connectivity index (χ3v) is 6.15. The SMILES string of the molecule is CCCCOc1ccc(/C(O)=C2\C(=O)C(=O)N(CCCOC)[C@@H]2c2cccc(Br)c2)cc1C. The van der Waals surface area contributed by atoms with Crippen LogP contribution in [0.2, 0.25) is 0 Å². The average Bonchev–Trinajstić information content (AvgIpc) is 3.05. The molecular weight excluding hydrogens is 486 g/mol. The second-order valence-electron chi connectivity index (χ2n) is 8.08. The second-order valence-corrected chi connectivity index (χ2v) is 8.99. The number of carbonyl (C=O) groups is 2. The minimum Gasteiger partial charge on any atom is -0.507 e. The van der Waals surface area contributed by atoms with E-state index in [1.807, 2.05) is 31.2 Å². The molecule has 0 aromatic heterocycles. The molecule has 1 aliphatic heterocycles. The van der Waals surface area contributed by atoms with Crippen molar-refractivity contribution in [2.24, 2.45) is 0 Å². The molecule has 2 aromatic carbocycles. The predicted molar refractivity (Wildman–Crippen MR) is 131 cm³/mol. The molecule has 1 saturated heterocycles. The van der Waals surface area contributed by atoms with Crippen LogP contribution in [0.15, 0.2) is 52.5 Å². The zero-order valence-corrected chi connectivity index (χ0v) is 20.9. The van der Waals surface area contributed by atoms with E-state index in [1.54, 1.807) is 25.3 Å². The number of aliphatic hydroxyl groups is 1. The number of ketones is 1. The summed E-state index contributed by atoms with van der Waals surface area (Å²) in [6.45, 7) is 5.43. The van der Waals surface area contributed by atoms with Crippen molar-refractivity contribution in [2.45, 2.75) is 39.2 Å². The number of amides is 1. The van der Waals surface area contributed by atoms with Gasteiger partial charge in [0.1, 0.15) is 11.5 Å². The van der Waals surface area contributed by atoms with Crippen LogP contribution in [0.1, 0.15) is 48.9 Å². The van der Waals surface area contributed by atoms with Gasteiger partial charge in [-0.1, -0.05) is 41.4 Å². The molecule has 33 heavy (non-hydrogen) atoms. The van der Waals surface area contributed by atoms with Gasteiger partial charge in [-0.15, -0.1) is 0 Å². The molecule has 1 N–H and O–H groups in total. The average molecular weight is 516 g/mol. The largest absolute Gasteiger partial charge is 0.507 e. The van der Waals surface area contributed by atoms with Gasteiger partial charge < -0.3 is 19.5 Å². The summed E-state index contributed by atoms with van der Waals surface area (Å²) in [4.78, 5) is 27.5. The molecule has 0 unspecified atom stereocenters. The van der Waals surface area contributed by atoms with Crippen LogP contribution >= 0.6 is 15.9 Å². The normalized spacial score (nSPS) is 17.6. The van der Waals surface area contributed by atoms with E-state index in [9.17, 15) is 14.7 Å². The third-order valence-electron chi connectivity index (χ3n) is 5.66. The van der Waals surface area contributed by atoms with Gasteiger partial charge in [0, 0.05) is 30.3 Å². The molecule has 3 rings (SSSR count). The minimum atomic E-state index is -0.684. The van der Waals surface area contributed by atoms with E-state index in [2.05, 4.69) is 22.9 Å². The van der Waals surface area contributed by atoms with Crippen molar-refractivity contribution in [3.05, 3.63) is 69.2 Å². The molecule has 1 fully saturated rings. The number of methoxy groups -OCH3 is 1. The van der Waals surface area contributed by atoms with E-state index in [0.717, 1.165) is 34.2 Å². The van der Waals surface area contributed by atoms with Gasteiger partial charge in [0.15, 0.2) is 0 Å². The maximum atomic E-state index is 13.1. The van der Waals surface area contributed by atoms with Gasteiger partial charge >= 0.3 is 0 Å². The Balaban J connectivity index is 2.04. The quantitative estimate of drug-likeness (QED) is 0.198. The van der Waals surface area contributed by atoms with Crippen molar-refractivity contribution in [3.8, 4) is 5.75 Å². The Kier molecular flexibility index (Phi) is 8.69. The summed E-state index contributed by atoms with van der Waals surface area (Å²) in [7, 11) is 1.60. The number of likely N-dealkylation sites (tertiary alicyclic amines) is 1. The van der Waals surface area contributed by atoms with Crippen molar-refractivity contribution in [1.82, 2.24) is 4.90 Å². The van der Waals surface area contributed by atoms with Gasteiger partial charge in [0.25, 0.3) is 11.7 Å². The molecule has 0 spiro atoms. The number of carbonyl (C=O) groups excluding carboxylic acids is 2. The number of hydrogen-bond donors (Lipinski definition) is 1. The maximum absolute atomic E-state index is 13.1. The van der Waals surface area contributed by atoms with Crippen LogP contribution in [-0.4, -0.2) is 48.6 Å².